The number of fused-ring (bicyclic) bond motifs is 1. The van der Waals surface area contributed by atoms with E-state index in [1.165, 1.54) is 0 Å². The molecule has 0 fully saturated rings. The highest BCUT2D eigenvalue weighted by atomic mass is 14.8. The van der Waals surface area contributed by atoms with Crippen molar-refractivity contribution < 1.29 is 0 Å². The number of aromatic nitrogens is 2. The maximum absolute atomic E-state index is 6.02. The second-order valence-electron chi connectivity index (χ2n) is 3.92. The monoisotopic (exact) mass is 189 g/mol. The Hall–Kier alpha value is -1.35. The first-order chi connectivity index (χ1) is 6.68. The standard InChI is InChI=1S/C11H15N3/c1-7(2)11(12)10-4-3-8-9(14-10)5-6-13-8/h3-7,11,13H,12H2,1-2H3/t11-/m1/s1. The Morgan fingerprint density at radius 1 is 1.29 bits per heavy atom. The lowest BCUT2D eigenvalue weighted by Crippen LogP contribution is -2.17. The van der Waals surface area contributed by atoms with Gasteiger partial charge in [0.05, 0.1) is 16.7 Å². The molecule has 0 aliphatic heterocycles. The number of nitrogens with one attached hydrogen (secondary N) is 1. The van der Waals surface area contributed by atoms with E-state index in [0.717, 1.165) is 16.7 Å². The number of pyridine rings is 1. The third-order valence-electron chi connectivity index (χ3n) is 2.49. The van der Waals surface area contributed by atoms with E-state index in [-0.39, 0.29) is 6.04 Å². The third kappa shape index (κ3) is 1.51. The van der Waals surface area contributed by atoms with E-state index in [9.17, 15) is 0 Å². The van der Waals surface area contributed by atoms with Crippen molar-refractivity contribution >= 4 is 11.0 Å². The fraction of sp³-hybridized carbons (Fsp3) is 0.364. The first-order valence-corrected chi connectivity index (χ1v) is 4.88. The molecule has 0 aliphatic rings. The summed E-state index contributed by atoms with van der Waals surface area (Å²) >= 11 is 0. The minimum Gasteiger partial charge on any atom is -0.360 e. The van der Waals surface area contributed by atoms with Gasteiger partial charge in [-0.2, -0.15) is 0 Å². The Labute approximate surface area is 83.3 Å². The van der Waals surface area contributed by atoms with Gasteiger partial charge in [-0.1, -0.05) is 13.8 Å². The number of aromatic amines is 1. The van der Waals surface area contributed by atoms with Gasteiger partial charge in [0.25, 0.3) is 0 Å². The number of nitrogens with two attached hydrogens (primary N) is 1. The smallest absolute Gasteiger partial charge is 0.0882 e. The van der Waals surface area contributed by atoms with Gasteiger partial charge in [-0.05, 0) is 24.1 Å². The number of hydrogen-bond acceptors (Lipinski definition) is 2. The van der Waals surface area contributed by atoms with Crippen LogP contribution >= 0.6 is 0 Å². The number of rotatable bonds is 2. The quantitative estimate of drug-likeness (QED) is 0.761. The molecule has 1 atom stereocenters. The summed E-state index contributed by atoms with van der Waals surface area (Å²) in [6.45, 7) is 4.21. The summed E-state index contributed by atoms with van der Waals surface area (Å²) in [6.07, 6.45) is 1.89. The van der Waals surface area contributed by atoms with Crippen molar-refractivity contribution in [1.29, 1.82) is 0 Å². The summed E-state index contributed by atoms with van der Waals surface area (Å²) < 4.78 is 0. The zero-order valence-electron chi connectivity index (χ0n) is 8.49. The molecule has 0 radical (unpaired) electrons. The summed E-state index contributed by atoms with van der Waals surface area (Å²) in [5.41, 5.74) is 9.03. The Kier molecular flexibility index (Phi) is 2.25. The molecule has 0 unspecified atom stereocenters. The molecular weight excluding hydrogens is 174 g/mol. The lowest BCUT2D eigenvalue weighted by atomic mass is 10.0. The molecule has 14 heavy (non-hydrogen) atoms. The summed E-state index contributed by atoms with van der Waals surface area (Å²) in [5, 5.41) is 0. The van der Waals surface area contributed by atoms with Gasteiger partial charge in [-0.3, -0.25) is 0 Å². The molecular formula is C11H15N3. The highest BCUT2D eigenvalue weighted by Gasteiger charge is 2.12. The minimum atomic E-state index is 0.0225. The Morgan fingerprint density at radius 2 is 2.07 bits per heavy atom. The lowest BCUT2D eigenvalue weighted by molar-refractivity contribution is 0.504. The zero-order chi connectivity index (χ0) is 10.1. The van der Waals surface area contributed by atoms with E-state index in [4.69, 9.17) is 5.73 Å². The van der Waals surface area contributed by atoms with Gasteiger partial charge in [0, 0.05) is 12.2 Å². The molecule has 0 bridgehead atoms. The summed E-state index contributed by atoms with van der Waals surface area (Å²) in [7, 11) is 0. The van der Waals surface area contributed by atoms with Crippen LogP contribution in [0.1, 0.15) is 25.6 Å². The van der Waals surface area contributed by atoms with Gasteiger partial charge in [0.15, 0.2) is 0 Å². The zero-order valence-corrected chi connectivity index (χ0v) is 8.49. The molecule has 0 spiro atoms. The summed E-state index contributed by atoms with van der Waals surface area (Å²) in [5.74, 6) is 0.416. The van der Waals surface area contributed by atoms with Gasteiger partial charge < -0.3 is 10.7 Å². The van der Waals surface area contributed by atoms with Gasteiger partial charge >= 0.3 is 0 Å². The Bertz CT molecular complexity index is 431. The molecule has 0 aromatic carbocycles. The van der Waals surface area contributed by atoms with Crippen LogP contribution in [-0.2, 0) is 0 Å². The maximum Gasteiger partial charge on any atom is 0.0882 e. The number of nitrogens with zero attached hydrogens (tertiary/aromatic N) is 1. The lowest BCUT2D eigenvalue weighted by Gasteiger charge is -2.14. The van der Waals surface area contributed by atoms with Gasteiger partial charge in [-0.15, -0.1) is 0 Å². The molecule has 2 aromatic heterocycles. The van der Waals surface area contributed by atoms with Crippen molar-refractivity contribution in [3.8, 4) is 0 Å². The Morgan fingerprint density at radius 3 is 2.79 bits per heavy atom. The first kappa shape index (κ1) is 9.21. The van der Waals surface area contributed by atoms with E-state index in [0.29, 0.717) is 5.92 Å². The molecule has 0 aliphatic carbocycles. The van der Waals surface area contributed by atoms with Gasteiger partial charge in [-0.25, -0.2) is 4.98 Å². The van der Waals surface area contributed by atoms with Gasteiger partial charge in [0.2, 0.25) is 0 Å². The molecule has 3 N–H and O–H groups in total. The van der Waals surface area contributed by atoms with Crippen molar-refractivity contribution in [2.45, 2.75) is 19.9 Å². The molecule has 0 saturated carbocycles. The molecule has 3 heteroatoms. The van der Waals surface area contributed by atoms with Crippen LogP contribution in [0.5, 0.6) is 0 Å². The second kappa shape index (κ2) is 3.42. The van der Waals surface area contributed by atoms with Crippen LogP contribution in [0.4, 0.5) is 0 Å². The van der Waals surface area contributed by atoms with Crippen molar-refractivity contribution in [3.05, 3.63) is 30.1 Å². The molecule has 2 aromatic rings. The van der Waals surface area contributed by atoms with Crippen LogP contribution in [0.2, 0.25) is 0 Å². The number of H-pyrrole nitrogens is 1. The average molecular weight is 189 g/mol. The largest absolute Gasteiger partial charge is 0.360 e. The van der Waals surface area contributed by atoms with Crippen molar-refractivity contribution in [2.24, 2.45) is 11.7 Å². The molecule has 0 saturated heterocycles. The average Bonchev–Trinajstić information content (AvgIpc) is 2.62. The van der Waals surface area contributed by atoms with E-state index in [1.54, 1.807) is 0 Å². The van der Waals surface area contributed by atoms with Crippen LogP contribution in [-0.4, -0.2) is 9.97 Å². The van der Waals surface area contributed by atoms with Crippen LogP contribution in [0.3, 0.4) is 0 Å². The maximum atomic E-state index is 6.02. The van der Waals surface area contributed by atoms with E-state index < -0.39 is 0 Å². The molecule has 2 heterocycles. The summed E-state index contributed by atoms with van der Waals surface area (Å²) in [4.78, 5) is 7.61. The normalized spacial score (nSPS) is 13.7. The summed E-state index contributed by atoms with van der Waals surface area (Å²) in [6, 6.07) is 6.00. The van der Waals surface area contributed by atoms with Crippen LogP contribution in [0.15, 0.2) is 24.4 Å². The minimum absolute atomic E-state index is 0.0225. The van der Waals surface area contributed by atoms with Crippen LogP contribution in [0.25, 0.3) is 11.0 Å². The van der Waals surface area contributed by atoms with E-state index in [2.05, 4.69) is 23.8 Å². The van der Waals surface area contributed by atoms with E-state index in [1.807, 2.05) is 24.4 Å². The predicted molar refractivity (Wildman–Crippen MR) is 57.9 cm³/mol. The second-order valence-corrected chi connectivity index (χ2v) is 3.92. The number of hydrogen-bond donors (Lipinski definition) is 2. The fourth-order valence-electron chi connectivity index (χ4n) is 1.48. The van der Waals surface area contributed by atoms with Crippen molar-refractivity contribution in [1.82, 2.24) is 9.97 Å². The highest BCUT2D eigenvalue weighted by Crippen LogP contribution is 2.19. The molecule has 0 amide bonds. The Balaban J connectivity index is 2.43. The highest BCUT2D eigenvalue weighted by molar-refractivity contribution is 5.74. The van der Waals surface area contributed by atoms with Crippen LogP contribution in [0, 0.1) is 5.92 Å². The fourth-order valence-corrected chi connectivity index (χ4v) is 1.48. The predicted octanol–water partition coefficient (Wildman–Crippen LogP) is 2.22. The van der Waals surface area contributed by atoms with Crippen molar-refractivity contribution in [3.63, 3.8) is 0 Å². The molecule has 74 valence electrons. The first-order valence-electron chi connectivity index (χ1n) is 4.88. The van der Waals surface area contributed by atoms with Gasteiger partial charge in [0.1, 0.15) is 0 Å². The van der Waals surface area contributed by atoms with Crippen molar-refractivity contribution in [2.75, 3.05) is 0 Å². The molecule has 2 rings (SSSR count). The van der Waals surface area contributed by atoms with Crippen LogP contribution < -0.4 is 5.73 Å². The molecule has 3 nitrogen and oxygen atoms in total. The third-order valence-corrected chi connectivity index (χ3v) is 2.49. The van der Waals surface area contributed by atoms with E-state index >= 15 is 0 Å². The topological polar surface area (TPSA) is 54.7 Å². The SMILES string of the molecule is CC(C)[C@@H](N)c1ccc2[nH]ccc2n1.